The Kier molecular flexibility index (Phi) is 3.90. The van der Waals surface area contributed by atoms with E-state index in [0.29, 0.717) is 24.0 Å². The third kappa shape index (κ3) is 3.13. The molecule has 2 rings (SSSR count). The average molecular weight is 310 g/mol. The largest absolute Gasteiger partial charge is 0.480 e. The Bertz CT molecular complexity index is 554. The molecule has 0 bridgehead atoms. The second-order valence-electron chi connectivity index (χ2n) is 3.60. The number of rotatable bonds is 4. The van der Waals surface area contributed by atoms with Crippen molar-refractivity contribution in [3.8, 4) is 5.88 Å². The summed E-state index contributed by atoms with van der Waals surface area (Å²) in [6, 6.07) is 0. The van der Waals surface area contributed by atoms with Crippen LogP contribution in [0.2, 0.25) is 0 Å². The van der Waals surface area contributed by atoms with Crippen molar-refractivity contribution in [1.82, 2.24) is 13.7 Å². The van der Waals surface area contributed by atoms with Gasteiger partial charge in [0.2, 0.25) is 16.8 Å². The van der Waals surface area contributed by atoms with Gasteiger partial charge in [0.1, 0.15) is 0 Å². The van der Waals surface area contributed by atoms with Gasteiger partial charge in [0.15, 0.2) is 0 Å². The summed E-state index contributed by atoms with van der Waals surface area (Å²) in [5.74, 6) is -0.646. The summed E-state index contributed by atoms with van der Waals surface area (Å²) in [5.41, 5.74) is 0.791. The molecule has 0 unspecified atom stereocenters. The Morgan fingerprint density at radius 3 is 2.68 bits per heavy atom. The number of aromatic nitrogens is 3. The van der Waals surface area contributed by atoms with Crippen molar-refractivity contribution >= 4 is 28.2 Å². The van der Waals surface area contributed by atoms with Crippen molar-refractivity contribution in [1.29, 1.82) is 0 Å². The molecule has 0 N–H and O–H groups in total. The normalized spacial score (nSPS) is 11.6. The number of halogens is 3. The highest BCUT2D eigenvalue weighted by Crippen LogP contribution is 2.31. The maximum Gasteiger partial charge on any atom is 0.452 e. The van der Waals surface area contributed by atoms with E-state index >= 15 is 0 Å². The second kappa shape index (κ2) is 5.29. The van der Waals surface area contributed by atoms with Gasteiger partial charge in [0.05, 0.1) is 13.7 Å². The maximum absolute atomic E-state index is 12.4. The van der Waals surface area contributed by atoms with Gasteiger partial charge in [-0.1, -0.05) is 0 Å². The summed E-state index contributed by atoms with van der Waals surface area (Å²) < 4.78 is 49.5. The first kappa shape index (κ1) is 14.0. The molecule has 0 aromatic carbocycles. The van der Waals surface area contributed by atoms with Gasteiger partial charge >= 0.3 is 6.18 Å². The average Bonchev–Trinajstić information content (AvgIpc) is 2.95. The van der Waals surface area contributed by atoms with Crippen molar-refractivity contribution in [3.05, 3.63) is 16.8 Å². The summed E-state index contributed by atoms with van der Waals surface area (Å²) in [7, 11) is 3.13. The fraction of sp³-hybridized carbons (Fsp3) is 0.444. The summed E-state index contributed by atoms with van der Waals surface area (Å²) in [5, 5.41) is 1.97. The summed E-state index contributed by atoms with van der Waals surface area (Å²) in [6.07, 6.45) is -4.52. The lowest BCUT2D eigenvalue weighted by atomic mass is 10.3. The Morgan fingerprint density at radius 2 is 2.11 bits per heavy atom. The number of hydrogen-bond donors (Lipinski definition) is 0. The van der Waals surface area contributed by atoms with Gasteiger partial charge < -0.3 is 9.64 Å². The van der Waals surface area contributed by atoms with E-state index in [-0.39, 0.29) is 5.13 Å². The third-order valence-electron chi connectivity index (χ3n) is 2.20. The minimum absolute atomic E-state index is 0.195. The number of methoxy groups -OCH3 is 1. The topological polar surface area (TPSA) is 51.1 Å². The molecular weight excluding hydrogens is 301 g/mol. The van der Waals surface area contributed by atoms with Crippen LogP contribution in [0.3, 0.4) is 0 Å². The van der Waals surface area contributed by atoms with Crippen LogP contribution in [0.1, 0.15) is 11.4 Å². The first-order valence-electron chi connectivity index (χ1n) is 5.01. The van der Waals surface area contributed by atoms with Crippen LogP contribution >= 0.6 is 23.1 Å². The Balaban J connectivity index is 2.12. The fourth-order valence-corrected chi connectivity index (χ4v) is 2.62. The number of ether oxygens (including phenoxy) is 1. The molecule has 0 radical (unpaired) electrons. The van der Waals surface area contributed by atoms with E-state index in [2.05, 4.69) is 13.7 Å². The molecule has 10 heteroatoms. The molecule has 2 heterocycles. The summed E-state index contributed by atoms with van der Waals surface area (Å²) >= 11 is 1.93. The molecule has 0 atom stereocenters. The van der Waals surface area contributed by atoms with Gasteiger partial charge in [-0.2, -0.15) is 26.9 Å². The molecule has 0 saturated carbocycles. The molecular formula is C9H9F3N4OS2. The Labute approximate surface area is 115 Å². The van der Waals surface area contributed by atoms with E-state index < -0.39 is 12.0 Å². The number of hydrogen-bond acceptors (Lipinski definition) is 7. The predicted molar refractivity (Wildman–Crippen MR) is 65.7 cm³/mol. The number of anilines is 1. The molecule has 0 aliphatic rings. The van der Waals surface area contributed by atoms with Crippen molar-refractivity contribution in [2.24, 2.45) is 0 Å². The van der Waals surface area contributed by atoms with E-state index in [4.69, 9.17) is 4.74 Å². The zero-order valence-corrected chi connectivity index (χ0v) is 11.6. The molecule has 2 aromatic rings. The summed E-state index contributed by atoms with van der Waals surface area (Å²) in [6.45, 7) is 0.353. The molecule has 2 aromatic heterocycles. The second-order valence-corrected chi connectivity index (χ2v) is 4.96. The Hall–Kier alpha value is -1.42. The highest BCUT2D eigenvalue weighted by molar-refractivity contribution is 7.09. The van der Waals surface area contributed by atoms with Crippen LogP contribution in [0.25, 0.3) is 0 Å². The minimum Gasteiger partial charge on any atom is -0.480 e. The minimum atomic E-state index is -4.52. The third-order valence-corrected chi connectivity index (χ3v) is 3.69. The van der Waals surface area contributed by atoms with Gasteiger partial charge in [0, 0.05) is 29.5 Å². The molecule has 0 aliphatic heterocycles. The SMILES string of the molecule is COc1nscc1CN(C)c1nc(C(F)(F)F)ns1. The Morgan fingerprint density at radius 1 is 1.37 bits per heavy atom. The van der Waals surface area contributed by atoms with E-state index in [1.165, 1.54) is 18.6 Å². The zero-order valence-electron chi connectivity index (χ0n) is 9.93. The first-order chi connectivity index (χ1) is 8.91. The summed E-state index contributed by atoms with van der Waals surface area (Å²) in [4.78, 5) is 5.04. The zero-order chi connectivity index (χ0) is 14.0. The molecule has 0 aliphatic carbocycles. The van der Waals surface area contributed by atoms with Crippen LogP contribution in [-0.2, 0) is 12.7 Å². The van der Waals surface area contributed by atoms with Gasteiger partial charge in [0.25, 0.3) is 0 Å². The lowest BCUT2D eigenvalue weighted by molar-refractivity contribution is -0.144. The van der Waals surface area contributed by atoms with Gasteiger partial charge in [-0.3, -0.25) is 0 Å². The lowest BCUT2D eigenvalue weighted by Crippen LogP contribution is -2.17. The predicted octanol–water partition coefficient (Wildman–Crippen LogP) is 2.66. The van der Waals surface area contributed by atoms with E-state index in [0.717, 1.165) is 5.56 Å². The highest BCUT2D eigenvalue weighted by Gasteiger charge is 2.36. The van der Waals surface area contributed by atoms with E-state index in [1.807, 2.05) is 0 Å². The number of nitrogens with zero attached hydrogens (tertiary/aromatic N) is 4. The van der Waals surface area contributed by atoms with E-state index in [9.17, 15) is 13.2 Å². The first-order valence-corrected chi connectivity index (χ1v) is 6.62. The van der Waals surface area contributed by atoms with Gasteiger partial charge in [-0.05, 0) is 11.5 Å². The van der Waals surface area contributed by atoms with Crippen LogP contribution in [0.4, 0.5) is 18.3 Å². The van der Waals surface area contributed by atoms with Gasteiger partial charge in [-0.15, -0.1) is 0 Å². The van der Waals surface area contributed by atoms with Gasteiger partial charge in [-0.25, -0.2) is 0 Å². The van der Waals surface area contributed by atoms with Crippen molar-refractivity contribution in [3.63, 3.8) is 0 Å². The van der Waals surface area contributed by atoms with Crippen LogP contribution in [0, 0.1) is 0 Å². The fourth-order valence-electron chi connectivity index (χ4n) is 1.33. The molecule has 0 saturated heterocycles. The van der Waals surface area contributed by atoms with Crippen molar-refractivity contribution < 1.29 is 17.9 Å². The van der Waals surface area contributed by atoms with Crippen LogP contribution in [0.5, 0.6) is 5.88 Å². The molecule has 19 heavy (non-hydrogen) atoms. The van der Waals surface area contributed by atoms with Crippen LogP contribution < -0.4 is 9.64 Å². The molecule has 104 valence electrons. The highest BCUT2D eigenvalue weighted by atomic mass is 32.1. The van der Waals surface area contributed by atoms with Crippen molar-refractivity contribution in [2.75, 3.05) is 19.1 Å². The van der Waals surface area contributed by atoms with Crippen LogP contribution in [0.15, 0.2) is 5.38 Å². The number of alkyl halides is 3. The smallest absolute Gasteiger partial charge is 0.452 e. The van der Waals surface area contributed by atoms with E-state index in [1.54, 1.807) is 17.3 Å². The molecule has 5 nitrogen and oxygen atoms in total. The van der Waals surface area contributed by atoms with Crippen molar-refractivity contribution in [2.45, 2.75) is 12.7 Å². The monoisotopic (exact) mass is 310 g/mol. The maximum atomic E-state index is 12.4. The lowest BCUT2D eigenvalue weighted by Gasteiger charge is -2.14. The molecule has 0 spiro atoms. The quantitative estimate of drug-likeness (QED) is 0.869. The van der Waals surface area contributed by atoms with Crippen LogP contribution in [-0.4, -0.2) is 27.9 Å². The standard InChI is InChI=1S/C9H9F3N4OS2/c1-16(3-5-4-18-14-6(5)17-2)8-13-7(15-19-8)9(10,11)12/h4H,3H2,1-2H3. The molecule has 0 fully saturated rings. The molecule has 0 amide bonds.